The molecule has 0 saturated heterocycles. The van der Waals surface area contributed by atoms with Gasteiger partial charge in [-0.05, 0) is 51.3 Å². The van der Waals surface area contributed by atoms with Gasteiger partial charge in [0.2, 0.25) is 0 Å². The van der Waals surface area contributed by atoms with Gasteiger partial charge < -0.3 is 4.74 Å². The van der Waals surface area contributed by atoms with Crippen molar-refractivity contribution in [3.8, 4) is 5.75 Å². The molecule has 2 rings (SSSR count). The zero-order valence-electron chi connectivity index (χ0n) is 9.21. The van der Waals surface area contributed by atoms with Crippen molar-refractivity contribution in [3.63, 3.8) is 0 Å². The molecule has 0 aliphatic carbocycles. The topological polar surface area (TPSA) is 22.1 Å². The highest BCUT2D eigenvalue weighted by Gasteiger charge is 1.97. The predicted molar refractivity (Wildman–Crippen MR) is 85.6 cm³/mol. The molecule has 0 radical (unpaired) electrons. The van der Waals surface area contributed by atoms with Crippen molar-refractivity contribution in [2.75, 3.05) is 11.5 Å². The van der Waals surface area contributed by atoms with Crippen LogP contribution in [-0.2, 0) is 0 Å². The first-order valence-corrected chi connectivity index (χ1v) is 7.48. The van der Waals surface area contributed by atoms with E-state index in [0.29, 0.717) is 0 Å². The number of hydrogen-bond donors (Lipinski definition) is 0. The second-order valence-corrected chi connectivity index (χ2v) is 5.59. The van der Waals surface area contributed by atoms with Crippen molar-refractivity contribution in [1.29, 1.82) is 0 Å². The molecule has 86 valence electrons. The molecule has 0 unspecified atom stereocenters. The molecular formula is C12H13I2NO. The van der Waals surface area contributed by atoms with E-state index in [2.05, 4.69) is 57.1 Å². The summed E-state index contributed by atoms with van der Waals surface area (Å²) in [5.74, 6) is 0.871. The Bertz CT molecular complexity index is 460. The Balaban J connectivity index is 0.000000386. The second kappa shape index (κ2) is 7.26. The molecule has 0 amide bonds. The zero-order chi connectivity index (χ0) is 12.0. The molecule has 0 aliphatic rings. The van der Waals surface area contributed by atoms with Crippen LogP contribution in [0, 0.1) is 3.70 Å². The molecule has 0 N–H and O–H groups in total. The molecule has 2 aromatic rings. The first-order chi connectivity index (χ1) is 7.71. The fourth-order valence-electron chi connectivity index (χ4n) is 1.21. The summed E-state index contributed by atoms with van der Waals surface area (Å²) in [6, 6.07) is 9.91. The summed E-state index contributed by atoms with van der Waals surface area (Å²) in [5.41, 5.74) is 1.01. The molecule has 1 aromatic heterocycles. The SMILES string of the molecule is CCI.COc1ccc2nc(I)ccc2c1. The molecule has 0 atom stereocenters. The third kappa shape index (κ3) is 4.04. The molecule has 1 heterocycles. The average molecular weight is 441 g/mol. The van der Waals surface area contributed by atoms with Crippen molar-refractivity contribution in [1.82, 2.24) is 4.98 Å². The van der Waals surface area contributed by atoms with E-state index in [0.717, 1.165) is 20.4 Å². The highest BCUT2D eigenvalue weighted by atomic mass is 127. The van der Waals surface area contributed by atoms with E-state index in [1.807, 2.05) is 30.3 Å². The fraction of sp³-hybridized carbons (Fsp3) is 0.250. The minimum absolute atomic E-state index is 0.871. The Hall–Kier alpha value is -0.110. The molecule has 0 fully saturated rings. The smallest absolute Gasteiger partial charge is 0.119 e. The van der Waals surface area contributed by atoms with E-state index in [9.17, 15) is 0 Å². The number of rotatable bonds is 1. The van der Waals surface area contributed by atoms with Crippen LogP contribution in [0.2, 0.25) is 0 Å². The van der Waals surface area contributed by atoms with E-state index in [1.54, 1.807) is 7.11 Å². The van der Waals surface area contributed by atoms with Gasteiger partial charge in [0.25, 0.3) is 0 Å². The van der Waals surface area contributed by atoms with E-state index in [4.69, 9.17) is 4.74 Å². The summed E-state index contributed by atoms with van der Waals surface area (Å²) >= 11 is 4.49. The van der Waals surface area contributed by atoms with Gasteiger partial charge in [0.05, 0.1) is 12.6 Å². The molecule has 0 bridgehead atoms. The lowest BCUT2D eigenvalue weighted by Gasteiger charge is -2.01. The van der Waals surface area contributed by atoms with Gasteiger partial charge in [0.1, 0.15) is 9.45 Å². The maximum absolute atomic E-state index is 5.12. The van der Waals surface area contributed by atoms with Gasteiger partial charge in [0.15, 0.2) is 0 Å². The lowest BCUT2D eigenvalue weighted by Crippen LogP contribution is -1.85. The van der Waals surface area contributed by atoms with E-state index in [-0.39, 0.29) is 0 Å². The summed E-state index contributed by atoms with van der Waals surface area (Å²) in [6.45, 7) is 2.11. The van der Waals surface area contributed by atoms with Crippen LogP contribution in [-0.4, -0.2) is 16.5 Å². The van der Waals surface area contributed by atoms with Gasteiger partial charge in [-0.3, -0.25) is 0 Å². The quantitative estimate of drug-likeness (QED) is 0.375. The number of pyridine rings is 1. The number of alkyl halides is 1. The number of halogens is 2. The van der Waals surface area contributed by atoms with Crippen molar-refractivity contribution < 1.29 is 4.74 Å². The lowest BCUT2D eigenvalue weighted by atomic mass is 10.2. The summed E-state index contributed by atoms with van der Waals surface area (Å²) in [6.07, 6.45) is 0. The normalized spacial score (nSPS) is 9.50. The van der Waals surface area contributed by atoms with Gasteiger partial charge in [0, 0.05) is 5.39 Å². The van der Waals surface area contributed by atoms with Crippen LogP contribution in [0.25, 0.3) is 10.9 Å². The van der Waals surface area contributed by atoms with Crippen LogP contribution in [0.4, 0.5) is 0 Å². The van der Waals surface area contributed by atoms with Gasteiger partial charge in [-0.2, -0.15) is 0 Å². The van der Waals surface area contributed by atoms with E-state index >= 15 is 0 Å². The first-order valence-electron chi connectivity index (χ1n) is 4.87. The molecular weight excluding hydrogens is 428 g/mol. The number of nitrogens with zero attached hydrogens (tertiary/aromatic N) is 1. The number of aromatic nitrogens is 1. The number of hydrogen-bond acceptors (Lipinski definition) is 2. The van der Waals surface area contributed by atoms with Gasteiger partial charge in [-0.1, -0.05) is 35.6 Å². The van der Waals surface area contributed by atoms with E-state index in [1.165, 1.54) is 4.43 Å². The van der Waals surface area contributed by atoms with E-state index < -0.39 is 0 Å². The maximum atomic E-state index is 5.12. The van der Waals surface area contributed by atoms with Gasteiger partial charge in [-0.15, -0.1) is 0 Å². The second-order valence-electron chi connectivity index (χ2n) is 2.96. The monoisotopic (exact) mass is 441 g/mol. The van der Waals surface area contributed by atoms with Crippen LogP contribution in [0.3, 0.4) is 0 Å². The molecule has 4 heteroatoms. The van der Waals surface area contributed by atoms with Gasteiger partial charge in [-0.25, -0.2) is 4.98 Å². The molecule has 0 aliphatic heterocycles. The summed E-state index contributed by atoms with van der Waals surface area (Å²) in [5, 5.41) is 1.11. The highest BCUT2D eigenvalue weighted by molar-refractivity contribution is 14.1. The number of fused-ring (bicyclic) bond motifs is 1. The number of ether oxygens (including phenoxy) is 1. The van der Waals surface area contributed by atoms with Crippen LogP contribution < -0.4 is 4.74 Å². The Morgan fingerprint density at radius 1 is 1.25 bits per heavy atom. The van der Waals surface area contributed by atoms with Crippen molar-refractivity contribution in [2.24, 2.45) is 0 Å². The van der Waals surface area contributed by atoms with Crippen LogP contribution in [0.15, 0.2) is 30.3 Å². The molecule has 1 aromatic carbocycles. The largest absolute Gasteiger partial charge is 0.497 e. The molecule has 0 saturated carbocycles. The average Bonchev–Trinajstić information content (AvgIpc) is 2.29. The standard InChI is InChI=1S/C10H8INO.C2H5I/c1-13-8-3-4-9-7(6-8)2-5-10(11)12-9;1-2-3/h2-6H,1H3;2H2,1H3. The number of methoxy groups -OCH3 is 1. The Kier molecular flexibility index (Phi) is 6.33. The number of benzene rings is 1. The molecule has 2 nitrogen and oxygen atoms in total. The summed E-state index contributed by atoms with van der Waals surface area (Å²) < 4.78 is 7.35. The van der Waals surface area contributed by atoms with Crippen molar-refractivity contribution in [3.05, 3.63) is 34.0 Å². The third-order valence-electron chi connectivity index (χ3n) is 1.86. The minimum Gasteiger partial charge on any atom is -0.497 e. The first kappa shape index (κ1) is 14.0. The molecule has 0 spiro atoms. The van der Waals surface area contributed by atoms with Crippen molar-refractivity contribution >= 4 is 56.1 Å². The Morgan fingerprint density at radius 3 is 2.56 bits per heavy atom. The summed E-state index contributed by atoms with van der Waals surface area (Å²) in [4.78, 5) is 4.38. The van der Waals surface area contributed by atoms with Crippen molar-refractivity contribution in [2.45, 2.75) is 6.92 Å². The Labute approximate surface area is 123 Å². The fourth-order valence-corrected chi connectivity index (χ4v) is 1.65. The lowest BCUT2D eigenvalue weighted by molar-refractivity contribution is 0.415. The third-order valence-corrected chi connectivity index (χ3v) is 2.46. The highest BCUT2D eigenvalue weighted by Crippen LogP contribution is 2.19. The Morgan fingerprint density at radius 2 is 1.94 bits per heavy atom. The van der Waals surface area contributed by atoms with Gasteiger partial charge >= 0.3 is 0 Å². The maximum Gasteiger partial charge on any atom is 0.119 e. The van der Waals surface area contributed by atoms with Crippen LogP contribution >= 0.6 is 45.2 Å². The predicted octanol–water partition coefficient (Wildman–Crippen LogP) is 4.29. The van der Waals surface area contributed by atoms with Crippen LogP contribution in [0.1, 0.15) is 6.92 Å². The molecule has 16 heavy (non-hydrogen) atoms. The van der Waals surface area contributed by atoms with Crippen LogP contribution in [0.5, 0.6) is 5.75 Å². The minimum atomic E-state index is 0.871. The zero-order valence-corrected chi connectivity index (χ0v) is 13.5. The summed E-state index contributed by atoms with van der Waals surface area (Å²) in [7, 11) is 1.67.